The lowest BCUT2D eigenvalue weighted by Gasteiger charge is -2.29. The average molecular weight is 440 g/mol. The highest BCUT2D eigenvalue weighted by molar-refractivity contribution is 6.34. The van der Waals surface area contributed by atoms with E-state index in [9.17, 15) is 14.4 Å². The molecule has 0 spiro atoms. The fourth-order valence-corrected chi connectivity index (χ4v) is 3.17. The molecule has 2 rings (SSSR count). The van der Waals surface area contributed by atoms with Crippen LogP contribution in [0.3, 0.4) is 0 Å². The van der Waals surface area contributed by atoms with Gasteiger partial charge in [-0.25, -0.2) is 9.59 Å². The van der Waals surface area contributed by atoms with Gasteiger partial charge in [0.1, 0.15) is 11.2 Å². The molecule has 1 unspecified atom stereocenters. The van der Waals surface area contributed by atoms with E-state index in [4.69, 9.17) is 25.8 Å². The van der Waals surface area contributed by atoms with Crippen LogP contribution in [0.4, 0.5) is 15.3 Å². The largest absolute Gasteiger partial charge is 0.466 e. The zero-order valence-corrected chi connectivity index (χ0v) is 19.3. The van der Waals surface area contributed by atoms with Gasteiger partial charge in [-0.15, -0.1) is 0 Å². The standard InChI is InChI=1S/C22H30ClNO6/c1-8-28-18(25)15-12-14(15)13-9-10-17(16(23)11-13)24(19(26)29-21(2,3)4)20(27)30-22(5,6)7/h9-11,14-15H,8,12H2,1-7H3/t14-,15?/m1/s1. The number of halogens is 1. The Morgan fingerprint density at radius 1 is 1.03 bits per heavy atom. The predicted molar refractivity (Wildman–Crippen MR) is 114 cm³/mol. The number of carbonyl (C=O) groups is 3. The van der Waals surface area contributed by atoms with Gasteiger partial charge in [0.05, 0.1) is 23.2 Å². The van der Waals surface area contributed by atoms with E-state index in [1.54, 1.807) is 66.7 Å². The highest BCUT2D eigenvalue weighted by Crippen LogP contribution is 2.49. The molecule has 166 valence electrons. The van der Waals surface area contributed by atoms with Crippen LogP contribution in [-0.4, -0.2) is 36.0 Å². The van der Waals surface area contributed by atoms with Crippen LogP contribution in [0.25, 0.3) is 0 Å². The summed E-state index contributed by atoms with van der Waals surface area (Å²) in [6, 6.07) is 4.96. The number of ether oxygens (including phenoxy) is 3. The Morgan fingerprint density at radius 2 is 1.57 bits per heavy atom. The van der Waals surface area contributed by atoms with Gasteiger partial charge in [0.2, 0.25) is 0 Å². The van der Waals surface area contributed by atoms with Gasteiger partial charge in [-0.3, -0.25) is 4.79 Å². The van der Waals surface area contributed by atoms with Gasteiger partial charge in [-0.1, -0.05) is 17.7 Å². The monoisotopic (exact) mass is 439 g/mol. The Kier molecular flexibility index (Phi) is 7.07. The van der Waals surface area contributed by atoms with E-state index in [0.717, 1.165) is 10.5 Å². The van der Waals surface area contributed by atoms with Crippen molar-refractivity contribution in [2.45, 2.75) is 72.0 Å². The summed E-state index contributed by atoms with van der Waals surface area (Å²) in [6.07, 6.45) is -1.10. The first kappa shape index (κ1) is 24.0. The summed E-state index contributed by atoms with van der Waals surface area (Å²) in [5.74, 6) is -0.418. The number of esters is 1. The van der Waals surface area contributed by atoms with Crippen LogP contribution in [0.5, 0.6) is 0 Å². The third-order valence-corrected chi connectivity index (χ3v) is 4.48. The van der Waals surface area contributed by atoms with Gasteiger partial charge < -0.3 is 14.2 Å². The third kappa shape index (κ3) is 6.36. The smallest absolute Gasteiger partial charge is 0.424 e. The lowest BCUT2D eigenvalue weighted by atomic mass is 10.1. The van der Waals surface area contributed by atoms with Gasteiger partial charge in [0.15, 0.2) is 0 Å². The molecule has 30 heavy (non-hydrogen) atoms. The number of anilines is 1. The molecule has 8 heteroatoms. The van der Waals surface area contributed by atoms with Gasteiger partial charge in [-0.05, 0) is 78.5 Å². The lowest BCUT2D eigenvalue weighted by molar-refractivity contribution is -0.144. The van der Waals surface area contributed by atoms with Gasteiger partial charge in [0.25, 0.3) is 0 Å². The summed E-state index contributed by atoms with van der Waals surface area (Å²) in [4.78, 5) is 38.2. The Hall–Kier alpha value is -2.28. The molecule has 7 nitrogen and oxygen atoms in total. The molecular formula is C22H30ClNO6. The molecule has 1 aromatic rings. The van der Waals surface area contributed by atoms with Crippen molar-refractivity contribution in [2.75, 3.05) is 11.5 Å². The summed E-state index contributed by atoms with van der Waals surface area (Å²) >= 11 is 6.44. The van der Waals surface area contributed by atoms with Crippen LogP contribution in [0.15, 0.2) is 18.2 Å². The van der Waals surface area contributed by atoms with Crippen LogP contribution >= 0.6 is 11.6 Å². The molecule has 0 aromatic heterocycles. The summed E-state index contributed by atoms with van der Waals surface area (Å²) in [5.41, 5.74) is -0.637. The molecule has 0 saturated heterocycles. The highest BCUT2D eigenvalue weighted by atomic mass is 35.5. The number of imide groups is 1. The van der Waals surface area contributed by atoms with Crippen LogP contribution < -0.4 is 4.90 Å². The quantitative estimate of drug-likeness (QED) is 0.443. The Balaban J connectivity index is 2.31. The topological polar surface area (TPSA) is 82.1 Å². The zero-order valence-electron chi connectivity index (χ0n) is 18.6. The second-order valence-electron chi connectivity index (χ2n) is 9.21. The van der Waals surface area contributed by atoms with E-state index < -0.39 is 23.4 Å². The molecule has 0 N–H and O–H groups in total. The van der Waals surface area contributed by atoms with Crippen LogP contribution in [0.2, 0.25) is 5.02 Å². The fourth-order valence-electron chi connectivity index (χ4n) is 2.89. The average Bonchev–Trinajstić information content (AvgIpc) is 3.34. The Labute approximate surface area is 182 Å². The molecule has 1 fully saturated rings. The normalized spacial score (nSPS) is 18.4. The number of hydrogen-bond donors (Lipinski definition) is 0. The molecule has 2 atom stereocenters. The summed E-state index contributed by atoms with van der Waals surface area (Å²) < 4.78 is 15.8. The summed E-state index contributed by atoms with van der Waals surface area (Å²) in [7, 11) is 0. The number of hydrogen-bond acceptors (Lipinski definition) is 6. The Morgan fingerprint density at radius 3 is 2.00 bits per heavy atom. The Bertz CT molecular complexity index is 796. The number of carbonyl (C=O) groups excluding carboxylic acids is 3. The van der Waals surface area contributed by atoms with Crippen molar-refractivity contribution >= 4 is 35.4 Å². The number of rotatable bonds is 4. The minimum atomic E-state index is -0.887. The number of nitrogens with zero attached hydrogens (tertiary/aromatic N) is 1. The lowest BCUT2D eigenvalue weighted by Crippen LogP contribution is -2.44. The maximum Gasteiger partial charge on any atom is 0.424 e. The minimum Gasteiger partial charge on any atom is -0.466 e. The summed E-state index contributed by atoms with van der Waals surface area (Å²) in [5, 5.41) is 0.179. The van der Waals surface area contributed by atoms with E-state index in [-0.39, 0.29) is 28.5 Å². The molecule has 2 amide bonds. The van der Waals surface area contributed by atoms with Crippen molar-refractivity contribution in [1.82, 2.24) is 0 Å². The van der Waals surface area contributed by atoms with Crippen LogP contribution in [0.1, 0.15) is 66.4 Å². The van der Waals surface area contributed by atoms with Crippen molar-refractivity contribution in [3.05, 3.63) is 28.8 Å². The first-order valence-corrected chi connectivity index (χ1v) is 10.3. The third-order valence-electron chi connectivity index (χ3n) is 4.17. The maximum absolute atomic E-state index is 12.8. The van der Waals surface area contributed by atoms with Crippen molar-refractivity contribution in [3.63, 3.8) is 0 Å². The molecular weight excluding hydrogens is 410 g/mol. The first-order chi connectivity index (χ1) is 13.7. The van der Waals surface area contributed by atoms with E-state index in [1.165, 1.54) is 0 Å². The van der Waals surface area contributed by atoms with Crippen LogP contribution in [0, 0.1) is 5.92 Å². The van der Waals surface area contributed by atoms with E-state index >= 15 is 0 Å². The molecule has 1 saturated carbocycles. The molecule has 0 aliphatic heterocycles. The van der Waals surface area contributed by atoms with Crippen molar-refractivity contribution in [1.29, 1.82) is 0 Å². The van der Waals surface area contributed by atoms with Crippen molar-refractivity contribution < 1.29 is 28.6 Å². The number of benzene rings is 1. The maximum atomic E-state index is 12.8. The first-order valence-electron chi connectivity index (χ1n) is 9.95. The molecule has 1 aliphatic rings. The summed E-state index contributed by atoms with van der Waals surface area (Å²) in [6.45, 7) is 12.3. The predicted octanol–water partition coefficient (Wildman–Crippen LogP) is 5.68. The number of amides is 2. The van der Waals surface area contributed by atoms with E-state index in [2.05, 4.69) is 0 Å². The second kappa shape index (κ2) is 8.84. The van der Waals surface area contributed by atoms with E-state index in [0.29, 0.717) is 13.0 Å². The van der Waals surface area contributed by atoms with Gasteiger partial charge >= 0.3 is 18.2 Å². The molecule has 0 bridgehead atoms. The second-order valence-corrected chi connectivity index (χ2v) is 9.61. The SMILES string of the molecule is CCOC(=O)C1C[C@@H]1c1ccc(N(C(=O)OC(C)(C)C)C(=O)OC(C)(C)C)c(Cl)c1. The van der Waals surface area contributed by atoms with Crippen molar-refractivity contribution in [2.24, 2.45) is 5.92 Å². The molecule has 0 heterocycles. The molecule has 1 aromatic carbocycles. The fraction of sp³-hybridized carbons (Fsp3) is 0.591. The van der Waals surface area contributed by atoms with Crippen LogP contribution in [-0.2, 0) is 19.0 Å². The minimum absolute atomic E-state index is 0.00658. The molecule has 1 aliphatic carbocycles. The zero-order chi connectivity index (χ0) is 22.9. The van der Waals surface area contributed by atoms with Gasteiger partial charge in [-0.2, -0.15) is 4.90 Å². The van der Waals surface area contributed by atoms with E-state index in [1.807, 2.05) is 0 Å². The van der Waals surface area contributed by atoms with Gasteiger partial charge in [0, 0.05) is 0 Å². The molecule has 0 radical (unpaired) electrons. The highest BCUT2D eigenvalue weighted by Gasteiger charge is 2.45. The van der Waals surface area contributed by atoms with Crippen molar-refractivity contribution in [3.8, 4) is 0 Å².